The van der Waals surface area contributed by atoms with Crippen molar-refractivity contribution < 1.29 is 18.7 Å². The molecule has 2 heterocycles. The number of nitrogens with zero attached hydrogens (tertiary/aromatic N) is 3. The minimum atomic E-state index is -0.458. The molecule has 7 nitrogen and oxygen atoms in total. The predicted octanol–water partition coefficient (Wildman–Crippen LogP) is 2.16. The molecular weight excluding hydrogens is 363 g/mol. The Morgan fingerprint density at radius 1 is 1.18 bits per heavy atom. The van der Waals surface area contributed by atoms with E-state index in [1.54, 1.807) is 23.2 Å². The van der Waals surface area contributed by atoms with Gasteiger partial charge in [0, 0.05) is 38.9 Å². The fourth-order valence-corrected chi connectivity index (χ4v) is 3.09. The Kier molecular flexibility index (Phi) is 6.54. The van der Waals surface area contributed by atoms with Gasteiger partial charge in [0.1, 0.15) is 18.2 Å². The van der Waals surface area contributed by atoms with Gasteiger partial charge in [-0.05, 0) is 36.8 Å². The van der Waals surface area contributed by atoms with E-state index in [2.05, 4.69) is 15.2 Å². The van der Waals surface area contributed by atoms with Crippen molar-refractivity contribution in [2.24, 2.45) is 0 Å². The molecule has 0 radical (unpaired) electrons. The third kappa shape index (κ3) is 5.04. The molecule has 1 aromatic heterocycles. The summed E-state index contributed by atoms with van der Waals surface area (Å²) in [6.07, 6.45) is 2.42. The highest BCUT2D eigenvalue weighted by molar-refractivity contribution is 6.04. The van der Waals surface area contributed by atoms with Crippen LogP contribution >= 0.6 is 0 Å². The Bertz CT molecular complexity index is 828. The van der Waals surface area contributed by atoms with E-state index in [1.165, 1.54) is 25.3 Å². The first kappa shape index (κ1) is 19.8. The fourth-order valence-electron chi connectivity index (χ4n) is 3.09. The lowest BCUT2D eigenvalue weighted by Crippen LogP contribution is -2.37. The van der Waals surface area contributed by atoms with Gasteiger partial charge in [-0.1, -0.05) is 6.07 Å². The number of methoxy groups -OCH3 is 1. The second kappa shape index (κ2) is 9.27. The van der Waals surface area contributed by atoms with E-state index in [-0.39, 0.29) is 18.1 Å². The Morgan fingerprint density at radius 3 is 2.75 bits per heavy atom. The zero-order valence-electron chi connectivity index (χ0n) is 15.7. The summed E-state index contributed by atoms with van der Waals surface area (Å²) in [4.78, 5) is 32.5. The van der Waals surface area contributed by atoms with Crippen LogP contribution in [0.4, 0.5) is 15.9 Å². The van der Waals surface area contributed by atoms with Gasteiger partial charge in [-0.25, -0.2) is 9.37 Å². The van der Waals surface area contributed by atoms with Gasteiger partial charge in [0.25, 0.3) is 5.91 Å². The standard InChI is InChI=1S/C20H23FN4O3/c1-28-14-19(26)25-9-3-8-24(10-11-25)18-7-6-17(13-22-18)23-20(27)15-4-2-5-16(21)12-15/h2,4-7,12-13H,3,8-11,14H2,1H3,(H,23,27). The molecule has 0 bridgehead atoms. The molecule has 1 aromatic carbocycles. The van der Waals surface area contributed by atoms with E-state index in [4.69, 9.17) is 4.74 Å². The van der Waals surface area contributed by atoms with Crippen molar-refractivity contribution in [2.75, 3.05) is 50.1 Å². The number of carbonyl (C=O) groups excluding carboxylic acids is 2. The summed E-state index contributed by atoms with van der Waals surface area (Å²) in [5.41, 5.74) is 0.780. The Balaban J connectivity index is 1.59. The largest absolute Gasteiger partial charge is 0.375 e. The van der Waals surface area contributed by atoms with Crippen molar-refractivity contribution in [2.45, 2.75) is 6.42 Å². The number of hydrogen-bond donors (Lipinski definition) is 1. The van der Waals surface area contributed by atoms with Crippen molar-refractivity contribution in [3.05, 3.63) is 54.0 Å². The second-order valence-electron chi connectivity index (χ2n) is 6.52. The van der Waals surface area contributed by atoms with Crippen LogP contribution in [0.2, 0.25) is 0 Å². The number of nitrogens with one attached hydrogen (secondary N) is 1. The monoisotopic (exact) mass is 386 g/mol. The molecule has 1 N–H and O–H groups in total. The van der Waals surface area contributed by atoms with Gasteiger partial charge >= 0.3 is 0 Å². The van der Waals surface area contributed by atoms with Crippen molar-refractivity contribution in [1.29, 1.82) is 0 Å². The normalized spacial score (nSPS) is 14.5. The molecule has 148 valence electrons. The summed E-state index contributed by atoms with van der Waals surface area (Å²) in [7, 11) is 1.51. The molecule has 0 unspecified atom stereocenters. The lowest BCUT2D eigenvalue weighted by molar-refractivity contribution is -0.134. The van der Waals surface area contributed by atoms with E-state index < -0.39 is 11.7 Å². The molecule has 8 heteroatoms. The molecule has 0 saturated carbocycles. The maximum atomic E-state index is 13.2. The molecule has 28 heavy (non-hydrogen) atoms. The quantitative estimate of drug-likeness (QED) is 0.852. The predicted molar refractivity (Wildman–Crippen MR) is 104 cm³/mol. The van der Waals surface area contributed by atoms with Gasteiger partial charge in [0.2, 0.25) is 5.91 Å². The number of pyridine rings is 1. The number of ether oxygens (including phenoxy) is 1. The van der Waals surface area contributed by atoms with Crippen LogP contribution in [0.25, 0.3) is 0 Å². The van der Waals surface area contributed by atoms with Crippen LogP contribution in [0.5, 0.6) is 0 Å². The lowest BCUT2D eigenvalue weighted by atomic mass is 10.2. The molecule has 1 aliphatic rings. The summed E-state index contributed by atoms with van der Waals surface area (Å²) < 4.78 is 18.2. The topological polar surface area (TPSA) is 74.8 Å². The maximum absolute atomic E-state index is 13.2. The van der Waals surface area contributed by atoms with Crippen LogP contribution in [0.3, 0.4) is 0 Å². The highest BCUT2D eigenvalue weighted by atomic mass is 19.1. The van der Waals surface area contributed by atoms with Crippen LogP contribution in [0.1, 0.15) is 16.8 Å². The average Bonchev–Trinajstić information content (AvgIpc) is 2.95. The molecule has 1 saturated heterocycles. The summed E-state index contributed by atoms with van der Waals surface area (Å²) in [5.74, 6) is -0.0751. The molecular formula is C20H23FN4O3. The molecule has 0 spiro atoms. The number of rotatable bonds is 5. The zero-order chi connectivity index (χ0) is 19.9. The first-order valence-corrected chi connectivity index (χ1v) is 9.11. The first-order chi connectivity index (χ1) is 13.6. The number of amides is 2. The number of aromatic nitrogens is 1. The Morgan fingerprint density at radius 2 is 2.04 bits per heavy atom. The third-order valence-electron chi connectivity index (χ3n) is 4.53. The van der Waals surface area contributed by atoms with Gasteiger partial charge in [-0.3, -0.25) is 9.59 Å². The molecule has 1 fully saturated rings. The number of anilines is 2. The Hall–Kier alpha value is -3.00. The van der Waals surface area contributed by atoms with Crippen molar-refractivity contribution in [1.82, 2.24) is 9.88 Å². The SMILES string of the molecule is COCC(=O)N1CCCN(c2ccc(NC(=O)c3cccc(F)c3)cn2)CC1. The van der Waals surface area contributed by atoms with Crippen molar-refractivity contribution in [3.8, 4) is 0 Å². The maximum Gasteiger partial charge on any atom is 0.255 e. The zero-order valence-corrected chi connectivity index (χ0v) is 15.7. The number of carbonyl (C=O) groups is 2. The number of halogens is 1. The van der Waals surface area contributed by atoms with Crippen LogP contribution in [0, 0.1) is 5.82 Å². The van der Waals surface area contributed by atoms with Gasteiger partial charge in [-0.2, -0.15) is 0 Å². The fraction of sp³-hybridized carbons (Fsp3) is 0.350. The molecule has 0 atom stereocenters. The van der Waals surface area contributed by atoms with E-state index in [1.807, 2.05) is 6.07 Å². The first-order valence-electron chi connectivity index (χ1n) is 9.11. The minimum Gasteiger partial charge on any atom is -0.375 e. The molecule has 2 amide bonds. The molecule has 2 aromatic rings. The van der Waals surface area contributed by atoms with Crippen LogP contribution < -0.4 is 10.2 Å². The summed E-state index contributed by atoms with van der Waals surface area (Å²) in [6.45, 7) is 2.87. The molecule has 1 aliphatic heterocycles. The van der Waals surface area contributed by atoms with Crippen molar-refractivity contribution >= 4 is 23.3 Å². The average molecular weight is 386 g/mol. The lowest BCUT2D eigenvalue weighted by Gasteiger charge is -2.23. The second-order valence-corrected chi connectivity index (χ2v) is 6.52. The van der Waals surface area contributed by atoms with Gasteiger partial charge in [0.15, 0.2) is 0 Å². The summed E-state index contributed by atoms with van der Waals surface area (Å²) >= 11 is 0. The molecule has 3 rings (SSSR count). The van der Waals surface area contributed by atoms with E-state index in [9.17, 15) is 14.0 Å². The van der Waals surface area contributed by atoms with Crippen molar-refractivity contribution in [3.63, 3.8) is 0 Å². The summed E-state index contributed by atoms with van der Waals surface area (Å²) in [6, 6.07) is 9.11. The smallest absolute Gasteiger partial charge is 0.255 e. The van der Waals surface area contributed by atoms with Crippen LogP contribution in [-0.2, 0) is 9.53 Å². The summed E-state index contributed by atoms with van der Waals surface area (Å²) in [5, 5.41) is 2.71. The van der Waals surface area contributed by atoms with Gasteiger partial charge in [0.05, 0.1) is 11.9 Å². The van der Waals surface area contributed by atoms with Gasteiger partial charge < -0.3 is 19.9 Å². The van der Waals surface area contributed by atoms with Crippen LogP contribution in [0.15, 0.2) is 42.6 Å². The minimum absolute atomic E-state index is 0.00674. The van der Waals surface area contributed by atoms with E-state index in [0.717, 1.165) is 18.8 Å². The van der Waals surface area contributed by atoms with Gasteiger partial charge in [-0.15, -0.1) is 0 Å². The molecule has 0 aliphatic carbocycles. The highest BCUT2D eigenvalue weighted by Crippen LogP contribution is 2.17. The van der Waals surface area contributed by atoms with E-state index >= 15 is 0 Å². The third-order valence-corrected chi connectivity index (χ3v) is 4.53. The van der Waals surface area contributed by atoms with Crippen LogP contribution in [-0.4, -0.2) is 61.6 Å². The Labute approximate surface area is 163 Å². The number of benzene rings is 1. The van der Waals surface area contributed by atoms with E-state index in [0.29, 0.717) is 25.3 Å². The number of hydrogen-bond acceptors (Lipinski definition) is 5. The highest BCUT2D eigenvalue weighted by Gasteiger charge is 2.19.